The van der Waals surface area contributed by atoms with Gasteiger partial charge in [0.2, 0.25) is 0 Å². The Morgan fingerprint density at radius 2 is 1.30 bits per heavy atom. The average Bonchev–Trinajstić information content (AvgIpc) is 2.95. The largest absolute Gasteiger partial charge is 0.472 e. The lowest BCUT2D eigenvalue weighted by molar-refractivity contribution is -0.870. The Balaban J connectivity index is 4.49. The molecule has 0 amide bonds. The Morgan fingerprint density at radius 1 is 0.750 bits per heavy atom. The lowest BCUT2D eigenvalue weighted by Crippen LogP contribution is -2.37. The third-order valence-corrected chi connectivity index (χ3v) is 7.80. The summed E-state index contributed by atoms with van der Waals surface area (Å²) in [5.74, 6) is -1.44. The molecule has 1 unspecified atom stereocenters. The third kappa shape index (κ3) is 28.8. The first kappa shape index (κ1) is 42.1. The normalized spacial score (nSPS) is 13.8. The number of carbonyl (C=O) groups excluding carboxylic acids is 4. The monoisotopic (exact) mass is 648 g/mol. The van der Waals surface area contributed by atoms with Crippen LogP contribution < -0.4 is 0 Å². The van der Waals surface area contributed by atoms with Crippen LogP contribution >= 0.6 is 7.82 Å². The molecule has 0 spiro atoms. The molecule has 0 saturated heterocycles. The first-order valence-corrected chi connectivity index (χ1v) is 17.8. The van der Waals surface area contributed by atoms with Crippen LogP contribution in [0.4, 0.5) is 0 Å². The topological polar surface area (TPSA) is 142 Å². The number of aldehydes is 1. The van der Waals surface area contributed by atoms with Gasteiger partial charge in [0.1, 0.15) is 26.0 Å². The zero-order valence-electron chi connectivity index (χ0n) is 27.7. The molecule has 0 heterocycles. The van der Waals surface area contributed by atoms with Gasteiger partial charge < -0.3 is 18.9 Å². The number of unbranched alkanes of at least 4 members (excludes halogenated alkanes) is 12. The highest BCUT2D eigenvalue weighted by atomic mass is 31.2. The molecule has 0 aliphatic heterocycles. The predicted molar refractivity (Wildman–Crippen MR) is 170 cm³/mol. The number of phosphoric ester groups is 1. The van der Waals surface area contributed by atoms with Crippen LogP contribution in [0.1, 0.15) is 116 Å². The second kappa shape index (κ2) is 26.3. The summed E-state index contributed by atoms with van der Waals surface area (Å²) in [5, 5.41) is 0. The highest BCUT2D eigenvalue weighted by Gasteiger charge is 2.27. The number of quaternary nitrogens is 1. The molecule has 0 aromatic rings. The van der Waals surface area contributed by atoms with Gasteiger partial charge in [-0.15, -0.1) is 0 Å². The van der Waals surface area contributed by atoms with Crippen molar-refractivity contribution in [1.29, 1.82) is 0 Å². The number of ether oxygens (including phenoxy) is 2. The average molecular weight is 649 g/mol. The van der Waals surface area contributed by atoms with Crippen molar-refractivity contribution in [3.8, 4) is 0 Å². The second-order valence-corrected chi connectivity index (χ2v) is 13.7. The quantitative estimate of drug-likeness (QED) is 0.0237. The van der Waals surface area contributed by atoms with E-state index >= 15 is 0 Å². The van der Waals surface area contributed by atoms with E-state index in [9.17, 15) is 28.6 Å². The van der Waals surface area contributed by atoms with Crippen LogP contribution in [0.25, 0.3) is 0 Å². The molecular weight excluding hydrogens is 589 g/mol. The van der Waals surface area contributed by atoms with Gasteiger partial charge in [-0.2, -0.15) is 0 Å². The minimum Gasteiger partial charge on any atom is -0.462 e. The van der Waals surface area contributed by atoms with Crippen LogP contribution in [0, 0.1) is 0 Å². The number of nitrogens with zero attached hydrogens (tertiary/aromatic N) is 1. The summed E-state index contributed by atoms with van der Waals surface area (Å²) in [4.78, 5) is 56.6. The minimum absolute atomic E-state index is 0.0254. The number of ketones is 1. The summed E-state index contributed by atoms with van der Waals surface area (Å²) in [7, 11) is 1.28. The van der Waals surface area contributed by atoms with E-state index in [2.05, 4.69) is 6.92 Å². The van der Waals surface area contributed by atoms with E-state index in [1.165, 1.54) is 57.8 Å². The standard InChI is InChI=1S/C32H58NO10P/c1-5-6-7-8-9-10-11-12-13-14-15-16-17-22-31(36)40-27-30(28-42-44(38,39)41-26-24-33(2,3)4)43-32(37)23-18-20-29(35)21-19-25-34/h19,21,25,30H,5-18,20,22-24,26-28H2,1-4H3/p+1/t30-/m1/s1. The lowest BCUT2D eigenvalue weighted by atomic mass is 10.0. The van der Waals surface area contributed by atoms with Crippen molar-refractivity contribution >= 4 is 31.8 Å². The lowest BCUT2D eigenvalue weighted by Gasteiger charge is -2.24. The number of rotatable bonds is 30. The Morgan fingerprint density at radius 3 is 1.84 bits per heavy atom. The highest BCUT2D eigenvalue weighted by Crippen LogP contribution is 2.43. The van der Waals surface area contributed by atoms with Crippen LogP contribution in [0.3, 0.4) is 0 Å². The maximum absolute atomic E-state index is 12.3. The molecule has 0 aromatic heterocycles. The van der Waals surface area contributed by atoms with Crippen molar-refractivity contribution in [3.63, 3.8) is 0 Å². The Kier molecular flexibility index (Phi) is 25.2. The summed E-state index contributed by atoms with van der Waals surface area (Å²) in [6.07, 6.45) is 17.4. The Hall–Kier alpha value is -1.91. The van der Waals surface area contributed by atoms with Crippen molar-refractivity contribution in [2.45, 2.75) is 122 Å². The Labute approximate surface area is 265 Å². The minimum atomic E-state index is -4.43. The number of likely N-dealkylation sites (N-methyl/N-ethyl adjacent to an activating group) is 1. The van der Waals surface area contributed by atoms with E-state index in [0.717, 1.165) is 31.4 Å². The SMILES string of the molecule is CCCCCCCCCCCCCCCC(=O)OC[C@H](COP(=O)(O)OCC[N+](C)(C)C)OC(=O)CCCC(=O)C=CC=O. The molecule has 0 aromatic carbocycles. The van der Waals surface area contributed by atoms with Crippen molar-refractivity contribution < 1.29 is 51.6 Å². The zero-order chi connectivity index (χ0) is 33.1. The zero-order valence-corrected chi connectivity index (χ0v) is 28.6. The van der Waals surface area contributed by atoms with Gasteiger partial charge in [0.05, 0.1) is 27.7 Å². The number of hydrogen-bond acceptors (Lipinski definition) is 9. The number of esters is 2. The van der Waals surface area contributed by atoms with Crippen molar-refractivity contribution in [2.24, 2.45) is 0 Å². The molecule has 0 saturated carbocycles. The molecule has 2 atom stereocenters. The van der Waals surface area contributed by atoms with Crippen LogP contribution in [0.5, 0.6) is 0 Å². The van der Waals surface area contributed by atoms with Crippen LogP contribution in [0.2, 0.25) is 0 Å². The first-order chi connectivity index (χ1) is 20.9. The van der Waals surface area contributed by atoms with E-state index in [0.29, 0.717) is 23.7 Å². The molecule has 0 rings (SSSR count). The fourth-order valence-corrected chi connectivity index (χ4v) is 4.93. The van der Waals surface area contributed by atoms with Crippen LogP contribution in [-0.2, 0) is 42.3 Å². The van der Waals surface area contributed by atoms with Gasteiger partial charge in [0.25, 0.3) is 0 Å². The number of carbonyl (C=O) groups is 4. The van der Waals surface area contributed by atoms with Gasteiger partial charge in [-0.05, 0) is 25.0 Å². The summed E-state index contributed by atoms with van der Waals surface area (Å²) >= 11 is 0. The van der Waals surface area contributed by atoms with Crippen molar-refractivity contribution in [1.82, 2.24) is 0 Å². The Bertz CT molecular complexity index is 872. The predicted octanol–water partition coefficient (Wildman–Crippen LogP) is 6.26. The molecule has 0 aliphatic carbocycles. The van der Waals surface area contributed by atoms with E-state index in [-0.39, 0.29) is 44.7 Å². The van der Waals surface area contributed by atoms with E-state index in [1.54, 1.807) is 0 Å². The molecule has 0 fully saturated rings. The fraction of sp³-hybridized carbons (Fsp3) is 0.812. The smallest absolute Gasteiger partial charge is 0.462 e. The molecule has 0 radical (unpaired) electrons. The summed E-state index contributed by atoms with van der Waals surface area (Å²) in [6.45, 7) is 1.81. The fourth-order valence-electron chi connectivity index (χ4n) is 4.19. The number of phosphoric acid groups is 1. The summed E-state index contributed by atoms with van der Waals surface area (Å²) in [6, 6.07) is 0. The third-order valence-electron chi connectivity index (χ3n) is 6.82. The molecule has 256 valence electrons. The molecule has 44 heavy (non-hydrogen) atoms. The van der Waals surface area contributed by atoms with E-state index < -0.39 is 32.5 Å². The van der Waals surface area contributed by atoms with Crippen LogP contribution in [0.15, 0.2) is 12.2 Å². The van der Waals surface area contributed by atoms with Gasteiger partial charge in [-0.1, -0.05) is 84.0 Å². The van der Waals surface area contributed by atoms with Gasteiger partial charge >= 0.3 is 19.8 Å². The van der Waals surface area contributed by atoms with Gasteiger partial charge in [-0.3, -0.25) is 28.2 Å². The molecular formula is C32H59NO10P+. The summed E-state index contributed by atoms with van der Waals surface area (Å²) < 4.78 is 33.4. The maximum atomic E-state index is 12.3. The van der Waals surface area contributed by atoms with Crippen molar-refractivity contribution in [2.75, 3.05) is 47.5 Å². The van der Waals surface area contributed by atoms with Gasteiger partial charge in [0, 0.05) is 19.3 Å². The maximum Gasteiger partial charge on any atom is 0.472 e. The molecule has 0 aliphatic rings. The van der Waals surface area contributed by atoms with E-state index in [4.69, 9.17) is 18.5 Å². The molecule has 11 nitrogen and oxygen atoms in total. The molecule has 12 heteroatoms. The van der Waals surface area contributed by atoms with Gasteiger partial charge in [-0.25, -0.2) is 4.57 Å². The molecule has 0 bridgehead atoms. The van der Waals surface area contributed by atoms with Gasteiger partial charge in [0.15, 0.2) is 11.9 Å². The van der Waals surface area contributed by atoms with E-state index in [1.807, 2.05) is 21.1 Å². The van der Waals surface area contributed by atoms with Crippen molar-refractivity contribution in [3.05, 3.63) is 12.2 Å². The number of allylic oxidation sites excluding steroid dienone is 2. The molecule has 1 N–H and O–H groups in total. The highest BCUT2D eigenvalue weighted by molar-refractivity contribution is 7.47. The number of hydrogen-bond donors (Lipinski definition) is 1. The summed E-state index contributed by atoms with van der Waals surface area (Å²) in [5.41, 5.74) is 0. The van der Waals surface area contributed by atoms with Crippen LogP contribution in [-0.4, -0.2) is 87.0 Å². The second-order valence-electron chi connectivity index (χ2n) is 12.2. The first-order valence-electron chi connectivity index (χ1n) is 16.3.